The predicted octanol–water partition coefficient (Wildman–Crippen LogP) is 5.53. The predicted molar refractivity (Wildman–Crippen MR) is 114 cm³/mol. The van der Waals surface area contributed by atoms with E-state index in [2.05, 4.69) is 21.2 Å². The van der Waals surface area contributed by atoms with Crippen molar-refractivity contribution in [3.63, 3.8) is 0 Å². The van der Waals surface area contributed by atoms with Crippen LogP contribution in [-0.4, -0.2) is 18.5 Å². The number of benzene rings is 3. The van der Waals surface area contributed by atoms with E-state index in [1.807, 2.05) is 62.4 Å². The average molecular weight is 438 g/mol. The number of hydrogen-bond acceptors (Lipinski definition) is 3. The van der Waals surface area contributed by atoms with Crippen LogP contribution in [0.25, 0.3) is 11.1 Å². The number of rotatable bonds is 5. The smallest absolute Gasteiger partial charge is 0.339 e. The van der Waals surface area contributed by atoms with Crippen molar-refractivity contribution in [3.8, 4) is 11.1 Å². The zero-order valence-electron chi connectivity index (χ0n) is 15.7. The Morgan fingerprint density at radius 2 is 1.68 bits per heavy atom. The van der Waals surface area contributed by atoms with Gasteiger partial charge in [0.2, 0.25) is 0 Å². The van der Waals surface area contributed by atoms with Crippen molar-refractivity contribution < 1.29 is 14.3 Å². The summed E-state index contributed by atoms with van der Waals surface area (Å²) in [7, 11) is 0. The van der Waals surface area contributed by atoms with Gasteiger partial charge in [-0.2, -0.15) is 0 Å². The second kappa shape index (κ2) is 8.85. The fourth-order valence-corrected chi connectivity index (χ4v) is 3.02. The molecule has 3 aromatic rings. The third-order valence-electron chi connectivity index (χ3n) is 4.29. The number of carbonyl (C=O) groups excluding carboxylic acids is 2. The Bertz CT molecular complexity index is 1010. The lowest BCUT2D eigenvalue weighted by molar-refractivity contribution is -0.119. The normalized spacial score (nSPS) is 10.4. The van der Waals surface area contributed by atoms with E-state index in [0.29, 0.717) is 11.3 Å². The zero-order valence-corrected chi connectivity index (χ0v) is 17.2. The quantitative estimate of drug-likeness (QED) is 0.533. The molecule has 1 N–H and O–H groups in total. The summed E-state index contributed by atoms with van der Waals surface area (Å²) in [6, 6.07) is 20.6. The number of nitrogens with one attached hydrogen (secondary N) is 1. The summed E-state index contributed by atoms with van der Waals surface area (Å²) in [6.07, 6.45) is 0. The summed E-state index contributed by atoms with van der Waals surface area (Å²) in [5.41, 5.74) is 4.93. The number of amides is 1. The molecule has 3 aromatic carbocycles. The van der Waals surface area contributed by atoms with Gasteiger partial charge in [-0.15, -0.1) is 0 Å². The molecule has 0 saturated carbocycles. The molecule has 3 rings (SSSR count). The van der Waals surface area contributed by atoms with Crippen LogP contribution in [-0.2, 0) is 9.53 Å². The zero-order chi connectivity index (χ0) is 20.1. The fraction of sp³-hybridized carbons (Fsp3) is 0.130. The Kier molecular flexibility index (Phi) is 6.26. The van der Waals surface area contributed by atoms with Gasteiger partial charge in [0.05, 0.1) is 5.56 Å². The lowest BCUT2D eigenvalue weighted by Gasteiger charge is -2.11. The van der Waals surface area contributed by atoms with Crippen molar-refractivity contribution in [3.05, 3.63) is 87.9 Å². The van der Waals surface area contributed by atoms with E-state index in [0.717, 1.165) is 26.7 Å². The maximum atomic E-state index is 12.6. The van der Waals surface area contributed by atoms with E-state index in [4.69, 9.17) is 4.74 Å². The van der Waals surface area contributed by atoms with Crippen molar-refractivity contribution >= 4 is 33.5 Å². The molecule has 0 unspecified atom stereocenters. The van der Waals surface area contributed by atoms with Gasteiger partial charge in [-0.1, -0.05) is 64.0 Å². The molecule has 28 heavy (non-hydrogen) atoms. The molecular weight excluding hydrogens is 418 g/mol. The highest BCUT2D eigenvalue weighted by molar-refractivity contribution is 9.10. The molecule has 0 aromatic heterocycles. The van der Waals surface area contributed by atoms with Crippen molar-refractivity contribution in [1.29, 1.82) is 0 Å². The molecule has 5 heteroatoms. The Morgan fingerprint density at radius 1 is 0.964 bits per heavy atom. The van der Waals surface area contributed by atoms with Crippen LogP contribution in [0.5, 0.6) is 0 Å². The third kappa shape index (κ3) is 4.87. The van der Waals surface area contributed by atoms with Crippen molar-refractivity contribution in [2.24, 2.45) is 0 Å². The number of esters is 1. The van der Waals surface area contributed by atoms with Gasteiger partial charge in [0.25, 0.3) is 5.91 Å². The molecular formula is C23H20BrNO3. The fourth-order valence-electron chi connectivity index (χ4n) is 2.77. The minimum Gasteiger partial charge on any atom is -0.452 e. The Morgan fingerprint density at radius 3 is 2.39 bits per heavy atom. The average Bonchev–Trinajstić information content (AvgIpc) is 2.69. The van der Waals surface area contributed by atoms with Gasteiger partial charge in [0.1, 0.15) is 0 Å². The van der Waals surface area contributed by atoms with Gasteiger partial charge in [0.15, 0.2) is 6.61 Å². The first-order valence-corrected chi connectivity index (χ1v) is 9.62. The SMILES string of the molecule is Cc1ccc(-c2ccccc2C(=O)OCC(=O)Nc2ccc(Br)c(C)c2)cc1. The van der Waals surface area contributed by atoms with E-state index < -0.39 is 5.97 Å². The maximum Gasteiger partial charge on any atom is 0.339 e. The van der Waals surface area contributed by atoms with E-state index in [9.17, 15) is 9.59 Å². The summed E-state index contributed by atoms with van der Waals surface area (Å²) in [5.74, 6) is -0.916. The van der Waals surface area contributed by atoms with Gasteiger partial charge in [-0.05, 0) is 54.8 Å². The second-order valence-corrected chi connectivity index (χ2v) is 7.35. The molecule has 0 saturated heterocycles. The monoisotopic (exact) mass is 437 g/mol. The van der Waals surface area contributed by atoms with Crippen LogP contribution in [0, 0.1) is 13.8 Å². The minimum atomic E-state index is -0.529. The first kappa shape index (κ1) is 19.8. The highest BCUT2D eigenvalue weighted by Crippen LogP contribution is 2.25. The van der Waals surface area contributed by atoms with Gasteiger partial charge in [-0.25, -0.2) is 4.79 Å². The Labute approximate surface area is 172 Å². The Hall–Kier alpha value is -2.92. The molecule has 0 aliphatic carbocycles. The number of hydrogen-bond donors (Lipinski definition) is 1. The van der Waals surface area contributed by atoms with Crippen LogP contribution in [0.15, 0.2) is 71.2 Å². The number of anilines is 1. The lowest BCUT2D eigenvalue weighted by atomic mass is 9.99. The van der Waals surface area contributed by atoms with Crippen LogP contribution in [0.4, 0.5) is 5.69 Å². The molecule has 0 atom stereocenters. The second-order valence-electron chi connectivity index (χ2n) is 6.50. The molecule has 0 spiro atoms. The summed E-state index contributed by atoms with van der Waals surface area (Å²) in [6.45, 7) is 3.59. The molecule has 0 fully saturated rings. The van der Waals surface area contributed by atoms with Crippen LogP contribution < -0.4 is 5.32 Å². The number of aryl methyl sites for hydroxylation is 2. The molecule has 0 radical (unpaired) electrons. The van der Waals surface area contributed by atoms with Crippen LogP contribution in [0.2, 0.25) is 0 Å². The molecule has 4 nitrogen and oxygen atoms in total. The molecule has 0 aliphatic heterocycles. The van der Waals surface area contributed by atoms with Crippen LogP contribution in [0.3, 0.4) is 0 Å². The topological polar surface area (TPSA) is 55.4 Å². The first-order valence-electron chi connectivity index (χ1n) is 8.83. The summed E-state index contributed by atoms with van der Waals surface area (Å²) >= 11 is 3.42. The van der Waals surface area contributed by atoms with Crippen LogP contribution in [0.1, 0.15) is 21.5 Å². The van der Waals surface area contributed by atoms with Gasteiger partial charge >= 0.3 is 5.97 Å². The summed E-state index contributed by atoms with van der Waals surface area (Å²) in [4.78, 5) is 24.7. The number of carbonyl (C=O) groups is 2. The van der Waals surface area contributed by atoms with Gasteiger partial charge < -0.3 is 10.1 Å². The van der Waals surface area contributed by atoms with E-state index in [1.165, 1.54) is 0 Å². The molecule has 0 bridgehead atoms. The Balaban J connectivity index is 1.67. The summed E-state index contributed by atoms with van der Waals surface area (Å²) < 4.78 is 6.20. The summed E-state index contributed by atoms with van der Waals surface area (Å²) in [5, 5.41) is 2.73. The van der Waals surface area contributed by atoms with E-state index in [-0.39, 0.29) is 12.5 Å². The van der Waals surface area contributed by atoms with Gasteiger partial charge in [0, 0.05) is 10.2 Å². The first-order chi connectivity index (χ1) is 13.4. The lowest BCUT2D eigenvalue weighted by Crippen LogP contribution is -2.21. The van der Waals surface area contributed by atoms with E-state index >= 15 is 0 Å². The van der Waals surface area contributed by atoms with Crippen molar-refractivity contribution in [2.75, 3.05) is 11.9 Å². The van der Waals surface area contributed by atoms with Crippen LogP contribution >= 0.6 is 15.9 Å². The molecule has 0 heterocycles. The molecule has 0 aliphatic rings. The minimum absolute atomic E-state index is 0.351. The highest BCUT2D eigenvalue weighted by Gasteiger charge is 2.15. The highest BCUT2D eigenvalue weighted by atomic mass is 79.9. The maximum absolute atomic E-state index is 12.6. The number of halogens is 1. The molecule has 1 amide bonds. The number of ether oxygens (including phenoxy) is 1. The van der Waals surface area contributed by atoms with E-state index in [1.54, 1.807) is 18.2 Å². The third-order valence-corrected chi connectivity index (χ3v) is 5.18. The van der Waals surface area contributed by atoms with Gasteiger partial charge in [-0.3, -0.25) is 4.79 Å². The standard InChI is InChI=1S/C23H20BrNO3/c1-15-7-9-17(10-8-15)19-5-3-4-6-20(19)23(27)28-14-22(26)25-18-11-12-21(24)16(2)13-18/h3-13H,14H2,1-2H3,(H,25,26). The molecule has 142 valence electrons. The van der Waals surface area contributed by atoms with Crippen molar-refractivity contribution in [2.45, 2.75) is 13.8 Å². The largest absolute Gasteiger partial charge is 0.452 e. The van der Waals surface area contributed by atoms with Crippen molar-refractivity contribution in [1.82, 2.24) is 0 Å².